The largest absolute Gasteiger partial charge is 0.465 e. The summed E-state index contributed by atoms with van der Waals surface area (Å²) in [5, 5.41) is 6.09. The Morgan fingerprint density at radius 2 is 1.92 bits per heavy atom. The van der Waals surface area contributed by atoms with Crippen molar-refractivity contribution in [2.24, 2.45) is 0 Å². The highest BCUT2D eigenvalue weighted by Crippen LogP contribution is 2.22. The quantitative estimate of drug-likeness (QED) is 0.793. The van der Waals surface area contributed by atoms with E-state index in [4.69, 9.17) is 4.74 Å². The van der Waals surface area contributed by atoms with Crippen molar-refractivity contribution in [3.05, 3.63) is 65.7 Å². The predicted molar refractivity (Wildman–Crippen MR) is 96.3 cm³/mol. The second-order valence-corrected chi connectivity index (χ2v) is 6.06. The number of rotatable bonds is 6. The van der Waals surface area contributed by atoms with Crippen LogP contribution in [0.3, 0.4) is 0 Å². The molecular formula is C20H22N2O3. The number of carbonyl (C=O) groups excluding carboxylic acids is 2. The van der Waals surface area contributed by atoms with E-state index in [1.807, 2.05) is 54.6 Å². The predicted octanol–water partition coefficient (Wildman–Crippen LogP) is 2.31. The zero-order valence-electron chi connectivity index (χ0n) is 14.2. The topological polar surface area (TPSA) is 67.4 Å². The summed E-state index contributed by atoms with van der Waals surface area (Å²) in [5.74, 6) is -0.459. The SMILES string of the molecule is CCOC(=O)[C@H](Cc1ccccc1)N[C@H]1Cc2ccccc2NC1=O. The molecule has 1 aliphatic heterocycles. The number of amides is 1. The first-order chi connectivity index (χ1) is 12.2. The molecular weight excluding hydrogens is 316 g/mol. The van der Waals surface area contributed by atoms with E-state index in [1.54, 1.807) is 6.92 Å². The molecule has 25 heavy (non-hydrogen) atoms. The van der Waals surface area contributed by atoms with Gasteiger partial charge in [-0.15, -0.1) is 0 Å². The molecule has 5 nitrogen and oxygen atoms in total. The zero-order valence-corrected chi connectivity index (χ0v) is 14.2. The van der Waals surface area contributed by atoms with Crippen molar-refractivity contribution in [3.63, 3.8) is 0 Å². The van der Waals surface area contributed by atoms with Crippen LogP contribution in [-0.4, -0.2) is 30.6 Å². The number of hydrogen-bond donors (Lipinski definition) is 2. The molecule has 0 aliphatic carbocycles. The van der Waals surface area contributed by atoms with Crippen LogP contribution in [0.15, 0.2) is 54.6 Å². The van der Waals surface area contributed by atoms with Crippen molar-refractivity contribution >= 4 is 17.6 Å². The van der Waals surface area contributed by atoms with Crippen LogP contribution in [0.25, 0.3) is 0 Å². The lowest BCUT2D eigenvalue weighted by molar-refractivity contribution is -0.146. The molecule has 0 aromatic heterocycles. The molecule has 2 aromatic rings. The molecule has 0 unspecified atom stereocenters. The molecule has 2 N–H and O–H groups in total. The molecule has 1 amide bonds. The first-order valence-electron chi connectivity index (χ1n) is 8.52. The first-order valence-corrected chi connectivity index (χ1v) is 8.52. The van der Waals surface area contributed by atoms with Gasteiger partial charge in [0.15, 0.2) is 0 Å². The van der Waals surface area contributed by atoms with Crippen molar-refractivity contribution in [1.29, 1.82) is 0 Å². The van der Waals surface area contributed by atoms with E-state index in [9.17, 15) is 9.59 Å². The van der Waals surface area contributed by atoms with Gasteiger partial charge >= 0.3 is 5.97 Å². The average molecular weight is 338 g/mol. The molecule has 3 rings (SSSR count). The Balaban J connectivity index is 1.75. The maximum atomic E-state index is 12.4. The van der Waals surface area contributed by atoms with Crippen molar-refractivity contribution in [1.82, 2.24) is 5.32 Å². The fourth-order valence-electron chi connectivity index (χ4n) is 3.03. The third-order valence-electron chi connectivity index (χ3n) is 4.27. The fourth-order valence-corrected chi connectivity index (χ4v) is 3.03. The minimum atomic E-state index is -0.566. The summed E-state index contributed by atoms with van der Waals surface area (Å²) < 4.78 is 5.19. The standard InChI is InChI=1S/C20H22N2O3/c1-2-25-20(24)18(12-14-8-4-3-5-9-14)21-17-13-15-10-6-7-11-16(15)22-19(17)23/h3-11,17-18,21H,2,12-13H2,1H3,(H,22,23)/t17-,18-/m0/s1. The third-order valence-corrected chi connectivity index (χ3v) is 4.27. The third kappa shape index (κ3) is 4.25. The number of esters is 1. The molecule has 0 fully saturated rings. The molecule has 0 radical (unpaired) electrons. The normalized spacial score (nSPS) is 17.3. The number of nitrogens with one attached hydrogen (secondary N) is 2. The van der Waals surface area contributed by atoms with Crippen LogP contribution in [0.5, 0.6) is 0 Å². The van der Waals surface area contributed by atoms with Crippen LogP contribution >= 0.6 is 0 Å². The molecule has 0 spiro atoms. The average Bonchev–Trinajstić information content (AvgIpc) is 2.62. The number of hydrogen-bond acceptors (Lipinski definition) is 4. The smallest absolute Gasteiger partial charge is 0.323 e. The van der Waals surface area contributed by atoms with Crippen LogP contribution < -0.4 is 10.6 Å². The highest BCUT2D eigenvalue weighted by molar-refractivity contribution is 5.98. The van der Waals surface area contributed by atoms with Crippen molar-refractivity contribution in [2.45, 2.75) is 31.8 Å². The van der Waals surface area contributed by atoms with Gasteiger partial charge in [-0.2, -0.15) is 0 Å². The summed E-state index contributed by atoms with van der Waals surface area (Å²) in [6.45, 7) is 2.09. The zero-order chi connectivity index (χ0) is 17.6. The van der Waals surface area contributed by atoms with Crippen molar-refractivity contribution in [2.75, 3.05) is 11.9 Å². The Bertz CT molecular complexity index is 746. The van der Waals surface area contributed by atoms with E-state index in [-0.39, 0.29) is 11.9 Å². The number of fused-ring (bicyclic) bond motifs is 1. The van der Waals surface area contributed by atoms with Gasteiger partial charge < -0.3 is 10.1 Å². The van der Waals surface area contributed by atoms with Crippen molar-refractivity contribution < 1.29 is 14.3 Å². The van der Waals surface area contributed by atoms with Gasteiger partial charge in [0.1, 0.15) is 6.04 Å². The molecule has 2 atom stereocenters. The molecule has 1 aliphatic rings. The molecule has 0 bridgehead atoms. The molecule has 2 aromatic carbocycles. The molecule has 0 saturated heterocycles. The van der Waals surface area contributed by atoms with Crippen LogP contribution in [0.2, 0.25) is 0 Å². The van der Waals surface area contributed by atoms with Crippen LogP contribution in [0.4, 0.5) is 5.69 Å². The lowest BCUT2D eigenvalue weighted by Gasteiger charge is -2.28. The van der Waals surface area contributed by atoms with E-state index < -0.39 is 12.1 Å². The monoisotopic (exact) mass is 338 g/mol. The second-order valence-electron chi connectivity index (χ2n) is 6.06. The van der Waals surface area contributed by atoms with E-state index in [0.29, 0.717) is 19.4 Å². The van der Waals surface area contributed by atoms with Crippen LogP contribution in [-0.2, 0) is 27.2 Å². The maximum absolute atomic E-state index is 12.4. The van der Waals surface area contributed by atoms with Crippen LogP contribution in [0.1, 0.15) is 18.1 Å². The Hall–Kier alpha value is -2.66. The summed E-state index contributed by atoms with van der Waals surface area (Å²) in [6, 6.07) is 16.4. The van der Waals surface area contributed by atoms with Gasteiger partial charge in [-0.05, 0) is 37.0 Å². The number of benzene rings is 2. The Morgan fingerprint density at radius 1 is 1.20 bits per heavy atom. The fraction of sp³-hybridized carbons (Fsp3) is 0.300. The lowest BCUT2D eigenvalue weighted by Crippen LogP contribution is -2.53. The van der Waals surface area contributed by atoms with Gasteiger partial charge in [0.05, 0.1) is 12.6 Å². The molecule has 5 heteroatoms. The van der Waals surface area contributed by atoms with Crippen LogP contribution in [0, 0.1) is 0 Å². The summed E-state index contributed by atoms with van der Waals surface area (Å²) in [5.41, 5.74) is 2.91. The molecule has 1 heterocycles. The molecule has 0 saturated carbocycles. The lowest BCUT2D eigenvalue weighted by atomic mass is 9.97. The highest BCUT2D eigenvalue weighted by atomic mass is 16.5. The van der Waals surface area contributed by atoms with Gasteiger partial charge in [0.25, 0.3) is 0 Å². The Kier molecular flexibility index (Phi) is 5.46. The van der Waals surface area contributed by atoms with Gasteiger partial charge in [0.2, 0.25) is 5.91 Å². The summed E-state index contributed by atoms with van der Waals surface area (Å²) in [4.78, 5) is 24.8. The number of carbonyl (C=O) groups is 2. The summed E-state index contributed by atoms with van der Waals surface area (Å²) in [7, 11) is 0. The minimum Gasteiger partial charge on any atom is -0.465 e. The maximum Gasteiger partial charge on any atom is 0.323 e. The summed E-state index contributed by atoms with van der Waals surface area (Å²) in [6.07, 6.45) is 1.03. The Labute approximate surface area is 147 Å². The second kappa shape index (κ2) is 7.94. The summed E-state index contributed by atoms with van der Waals surface area (Å²) >= 11 is 0. The molecule has 130 valence electrons. The van der Waals surface area contributed by atoms with E-state index in [0.717, 1.165) is 16.8 Å². The number of ether oxygens (including phenoxy) is 1. The minimum absolute atomic E-state index is 0.124. The first kappa shape index (κ1) is 17.2. The van der Waals surface area contributed by atoms with Gasteiger partial charge in [0, 0.05) is 5.69 Å². The highest BCUT2D eigenvalue weighted by Gasteiger charge is 2.31. The van der Waals surface area contributed by atoms with E-state index in [2.05, 4.69) is 10.6 Å². The number of para-hydroxylation sites is 1. The Morgan fingerprint density at radius 3 is 2.68 bits per heavy atom. The van der Waals surface area contributed by atoms with E-state index >= 15 is 0 Å². The van der Waals surface area contributed by atoms with Gasteiger partial charge in [-0.25, -0.2) is 0 Å². The number of anilines is 1. The van der Waals surface area contributed by atoms with Gasteiger partial charge in [-0.1, -0.05) is 48.5 Å². The van der Waals surface area contributed by atoms with E-state index in [1.165, 1.54) is 0 Å². The van der Waals surface area contributed by atoms with Gasteiger partial charge in [-0.3, -0.25) is 14.9 Å². The van der Waals surface area contributed by atoms with Crippen molar-refractivity contribution in [3.8, 4) is 0 Å².